The number of para-hydroxylation sites is 1. The molecule has 0 N–H and O–H groups in total. The quantitative estimate of drug-likeness (QED) is 0.162. The highest BCUT2D eigenvalue weighted by atomic mass is 32.1. The van der Waals surface area contributed by atoms with Gasteiger partial charge in [-0.2, -0.15) is 0 Å². The normalized spacial score (nSPS) is 18.4. The third-order valence-electron chi connectivity index (χ3n) is 17.7. The fourth-order valence-electron chi connectivity index (χ4n) is 13.4. The standard InChI is InChI=1S/C64H61BN2O2S/c1-60(2,3)36-20-22-37(23-21-36)67-49-35-54-41(40-17-13-15-19-53(40)70-54)31-43(49)55-56-50(33-42-39-16-12-14-18-51(39)68-58(42)55)66(38-24-25-45-46(30-38)62(6,7)27-26-61(45,4)5)57-44-32-47-48(34-52(44)69-59(57)65(56)67)64(10,11)29-28-63(47,8)9/h12-25,30-35H,26-29H2,1-11H3. The largest absolute Gasteiger partial charge is 0.466 e. The molecule has 0 amide bonds. The predicted molar refractivity (Wildman–Crippen MR) is 299 cm³/mol. The third-order valence-corrected chi connectivity index (χ3v) is 18.9. The van der Waals surface area contributed by atoms with E-state index in [0.717, 1.165) is 75.1 Å². The summed E-state index contributed by atoms with van der Waals surface area (Å²) in [6.45, 7) is 26.1. The van der Waals surface area contributed by atoms with E-state index in [1.165, 1.54) is 82.2 Å². The molecule has 6 heteroatoms. The number of nitrogens with zero attached hydrogens (tertiary/aromatic N) is 2. The SMILES string of the molecule is CC(C)(C)c1ccc(N2B3c4oc5cc6c(cc5c4N(c4ccc5c(c4)C(C)(C)CCC5(C)C)c4cc5c(oc7ccccc75)c(c43)-c3cc4c(cc32)sc2ccccc24)C(C)(C)CCC6(C)C)cc1. The first-order valence-corrected chi connectivity index (χ1v) is 26.5. The predicted octanol–water partition coefficient (Wildman–Crippen LogP) is 17.4. The average Bonchev–Trinajstić information content (AvgIpc) is 4.02. The zero-order chi connectivity index (χ0) is 48.2. The van der Waals surface area contributed by atoms with E-state index in [4.69, 9.17) is 8.83 Å². The number of anilines is 5. The van der Waals surface area contributed by atoms with Gasteiger partial charge in [-0.1, -0.05) is 131 Å². The van der Waals surface area contributed by atoms with Gasteiger partial charge in [-0.25, -0.2) is 0 Å². The Balaban J connectivity index is 1.17. The molecule has 2 aliphatic carbocycles. The van der Waals surface area contributed by atoms with Crippen LogP contribution in [0, 0.1) is 0 Å². The smallest absolute Gasteiger partial charge is 0.376 e. The van der Waals surface area contributed by atoms with Crippen molar-refractivity contribution in [1.29, 1.82) is 0 Å². The summed E-state index contributed by atoms with van der Waals surface area (Å²) in [7, 11) is 0. The molecule has 0 saturated heterocycles. The van der Waals surface area contributed by atoms with Gasteiger partial charge in [0.05, 0.1) is 5.69 Å². The van der Waals surface area contributed by atoms with Crippen LogP contribution in [0.1, 0.15) is 130 Å². The van der Waals surface area contributed by atoms with Crippen LogP contribution in [-0.4, -0.2) is 6.85 Å². The summed E-state index contributed by atoms with van der Waals surface area (Å²) in [4.78, 5) is 5.24. The number of hydrogen-bond acceptors (Lipinski definition) is 5. The van der Waals surface area contributed by atoms with E-state index in [2.05, 4.69) is 207 Å². The highest BCUT2D eigenvalue weighted by Gasteiger charge is 2.51. The van der Waals surface area contributed by atoms with Crippen molar-refractivity contribution in [1.82, 2.24) is 0 Å². The Morgan fingerprint density at radius 1 is 0.514 bits per heavy atom. The molecule has 4 aliphatic rings. The Labute approximate surface area is 416 Å². The van der Waals surface area contributed by atoms with E-state index in [-0.39, 0.29) is 33.9 Å². The number of fused-ring (bicyclic) bond motifs is 15. The second kappa shape index (κ2) is 13.8. The minimum atomic E-state index is -0.313. The molecule has 7 aromatic carbocycles. The minimum Gasteiger partial charge on any atom is -0.466 e. The van der Waals surface area contributed by atoms with Gasteiger partial charge >= 0.3 is 6.85 Å². The van der Waals surface area contributed by atoms with E-state index in [0.29, 0.717) is 0 Å². The molecule has 70 heavy (non-hydrogen) atoms. The van der Waals surface area contributed by atoms with Crippen LogP contribution in [0.4, 0.5) is 28.4 Å². The van der Waals surface area contributed by atoms with Gasteiger partial charge in [0.15, 0.2) is 0 Å². The zero-order valence-corrected chi connectivity index (χ0v) is 43.4. The van der Waals surface area contributed by atoms with Crippen molar-refractivity contribution in [3.8, 4) is 11.1 Å². The lowest BCUT2D eigenvalue weighted by atomic mass is 9.45. The van der Waals surface area contributed by atoms with Crippen molar-refractivity contribution in [3.63, 3.8) is 0 Å². The van der Waals surface area contributed by atoms with Gasteiger partial charge < -0.3 is 18.5 Å². The molecule has 0 atom stereocenters. The Bertz CT molecular complexity index is 3910. The summed E-state index contributed by atoms with van der Waals surface area (Å²) < 4.78 is 17.5. The molecule has 2 aliphatic heterocycles. The molecule has 0 fully saturated rings. The van der Waals surface area contributed by atoms with Gasteiger partial charge in [-0.3, -0.25) is 0 Å². The summed E-state index contributed by atoms with van der Waals surface area (Å²) in [6, 6.07) is 46.8. The molecule has 0 unspecified atom stereocenters. The van der Waals surface area contributed by atoms with E-state index in [1.54, 1.807) is 0 Å². The molecule has 0 saturated carbocycles. The Kier molecular flexibility index (Phi) is 8.40. The number of furan rings is 2. The lowest BCUT2D eigenvalue weighted by molar-refractivity contribution is 0.332. The van der Waals surface area contributed by atoms with Crippen molar-refractivity contribution in [2.75, 3.05) is 9.71 Å². The summed E-state index contributed by atoms with van der Waals surface area (Å²) in [5.41, 5.74) is 20.3. The summed E-state index contributed by atoms with van der Waals surface area (Å²) in [6.07, 6.45) is 4.59. The zero-order valence-electron chi connectivity index (χ0n) is 42.6. The van der Waals surface area contributed by atoms with Gasteiger partial charge in [0.25, 0.3) is 0 Å². The van der Waals surface area contributed by atoms with Crippen LogP contribution in [0.2, 0.25) is 0 Å². The second-order valence-electron chi connectivity index (χ2n) is 25.0. The van der Waals surface area contributed by atoms with Gasteiger partial charge in [0.2, 0.25) is 0 Å². The molecule has 348 valence electrons. The van der Waals surface area contributed by atoms with Crippen molar-refractivity contribution in [3.05, 3.63) is 149 Å². The first kappa shape index (κ1) is 42.6. The molecule has 10 aromatic rings. The number of thiophene rings is 1. The Morgan fingerprint density at radius 2 is 1.14 bits per heavy atom. The number of rotatable bonds is 2. The molecular formula is C64H61BN2O2S. The first-order chi connectivity index (χ1) is 33.3. The fraction of sp³-hybridized carbons (Fsp3) is 0.312. The third kappa shape index (κ3) is 5.77. The molecule has 5 heterocycles. The molecule has 4 nitrogen and oxygen atoms in total. The van der Waals surface area contributed by atoms with Gasteiger partial charge in [-0.15, -0.1) is 11.3 Å². The second-order valence-corrected chi connectivity index (χ2v) is 26.1. The van der Waals surface area contributed by atoms with Crippen LogP contribution in [-0.2, 0) is 27.1 Å². The van der Waals surface area contributed by atoms with E-state index in [1.807, 2.05) is 11.3 Å². The van der Waals surface area contributed by atoms with E-state index in [9.17, 15) is 0 Å². The van der Waals surface area contributed by atoms with Crippen molar-refractivity contribution in [2.24, 2.45) is 0 Å². The van der Waals surface area contributed by atoms with Crippen molar-refractivity contribution >= 4 is 111 Å². The summed E-state index contributed by atoms with van der Waals surface area (Å²) >= 11 is 1.88. The van der Waals surface area contributed by atoms with Crippen molar-refractivity contribution in [2.45, 2.75) is 129 Å². The lowest BCUT2D eigenvalue weighted by Gasteiger charge is -2.45. The number of hydrogen-bond donors (Lipinski definition) is 0. The van der Waals surface area contributed by atoms with Crippen LogP contribution >= 0.6 is 11.3 Å². The van der Waals surface area contributed by atoms with Crippen LogP contribution in [0.3, 0.4) is 0 Å². The van der Waals surface area contributed by atoms with Crippen LogP contribution in [0.5, 0.6) is 0 Å². The summed E-state index contributed by atoms with van der Waals surface area (Å²) in [5, 5.41) is 6.00. The van der Waals surface area contributed by atoms with E-state index >= 15 is 0 Å². The van der Waals surface area contributed by atoms with Gasteiger partial charge in [-0.05, 0) is 153 Å². The lowest BCUT2D eigenvalue weighted by Crippen LogP contribution is -2.61. The highest BCUT2D eigenvalue weighted by Crippen LogP contribution is 2.56. The molecular weight excluding hydrogens is 872 g/mol. The summed E-state index contributed by atoms with van der Waals surface area (Å²) in [5.74, 6) is 0. The topological polar surface area (TPSA) is 32.8 Å². The molecule has 0 bridgehead atoms. The van der Waals surface area contributed by atoms with Crippen LogP contribution in [0.25, 0.3) is 64.2 Å². The Hall–Kier alpha value is -6.24. The van der Waals surface area contributed by atoms with Crippen LogP contribution < -0.4 is 20.8 Å². The van der Waals surface area contributed by atoms with Crippen molar-refractivity contribution < 1.29 is 8.83 Å². The maximum atomic E-state index is 7.75. The Morgan fingerprint density at radius 3 is 1.86 bits per heavy atom. The minimum absolute atomic E-state index is 0.00477. The molecule has 0 radical (unpaired) electrons. The molecule has 3 aromatic heterocycles. The van der Waals surface area contributed by atoms with E-state index < -0.39 is 0 Å². The maximum absolute atomic E-state index is 7.75. The van der Waals surface area contributed by atoms with Crippen LogP contribution in [0.15, 0.2) is 130 Å². The number of benzene rings is 7. The molecule has 0 spiro atoms. The fourth-order valence-corrected chi connectivity index (χ4v) is 14.5. The average molecular weight is 933 g/mol. The first-order valence-electron chi connectivity index (χ1n) is 25.7. The van der Waals surface area contributed by atoms with Gasteiger partial charge in [0.1, 0.15) is 22.4 Å². The van der Waals surface area contributed by atoms with Gasteiger partial charge in [0, 0.05) is 70.2 Å². The molecule has 14 rings (SSSR count). The monoisotopic (exact) mass is 932 g/mol. The highest BCUT2D eigenvalue weighted by molar-refractivity contribution is 7.25. The maximum Gasteiger partial charge on any atom is 0.376 e.